The molecule has 4 rings (SSSR count). The molecule has 0 fully saturated rings. The van der Waals surface area contributed by atoms with Crippen molar-refractivity contribution < 1.29 is 19.1 Å². The number of carbonyl (C=O) groups is 2. The van der Waals surface area contributed by atoms with Crippen LogP contribution in [0.5, 0.6) is 11.5 Å². The lowest BCUT2D eigenvalue weighted by molar-refractivity contribution is -0.118. The minimum absolute atomic E-state index is 0.0925. The fraction of sp³-hybridized carbons (Fsp3) is 0.217. The number of urea groups is 1. The van der Waals surface area contributed by atoms with Gasteiger partial charge in [-0.25, -0.2) is 4.79 Å². The van der Waals surface area contributed by atoms with Gasteiger partial charge in [-0.1, -0.05) is 24.3 Å². The molecule has 3 amide bonds. The first-order valence-electron chi connectivity index (χ1n) is 10.0. The SMILES string of the molecule is O=C(NCCC(=O)N(Cc1cccs1)c1ccc2c(c1)OCCO2)Nc1ccccc1. The van der Waals surface area contributed by atoms with Crippen LogP contribution in [0.25, 0.3) is 0 Å². The summed E-state index contributed by atoms with van der Waals surface area (Å²) in [6.45, 7) is 1.67. The zero-order valence-electron chi connectivity index (χ0n) is 16.9. The summed E-state index contributed by atoms with van der Waals surface area (Å²) >= 11 is 1.59. The summed E-state index contributed by atoms with van der Waals surface area (Å²) in [5, 5.41) is 7.46. The maximum Gasteiger partial charge on any atom is 0.319 e. The van der Waals surface area contributed by atoms with Gasteiger partial charge >= 0.3 is 6.03 Å². The predicted octanol–water partition coefficient (Wildman–Crippen LogP) is 4.26. The normalized spacial score (nSPS) is 12.1. The van der Waals surface area contributed by atoms with Gasteiger partial charge in [0.1, 0.15) is 13.2 Å². The van der Waals surface area contributed by atoms with Crippen LogP contribution >= 0.6 is 11.3 Å². The highest BCUT2D eigenvalue weighted by Crippen LogP contribution is 2.34. The number of para-hydroxylation sites is 1. The first-order valence-corrected chi connectivity index (χ1v) is 10.9. The molecule has 31 heavy (non-hydrogen) atoms. The fourth-order valence-corrected chi connectivity index (χ4v) is 3.89. The largest absolute Gasteiger partial charge is 0.486 e. The van der Waals surface area contributed by atoms with Crippen LogP contribution in [0.3, 0.4) is 0 Å². The molecule has 0 unspecified atom stereocenters. The van der Waals surface area contributed by atoms with Crippen molar-refractivity contribution in [2.24, 2.45) is 0 Å². The minimum Gasteiger partial charge on any atom is -0.486 e. The van der Waals surface area contributed by atoms with E-state index in [-0.39, 0.29) is 24.9 Å². The van der Waals surface area contributed by atoms with Gasteiger partial charge < -0.3 is 25.0 Å². The molecule has 1 aromatic heterocycles. The number of rotatable bonds is 7. The molecule has 0 aliphatic carbocycles. The molecule has 0 bridgehead atoms. The van der Waals surface area contributed by atoms with E-state index in [2.05, 4.69) is 10.6 Å². The maximum atomic E-state index is 13.1. The van der Waals surface area contributed by atoms with Gasteiger partial charge in [-0.3, -0.25) is 4.79 Å². The fourth-order valence-electron chi connectivity index (χ4n) is 3.20. The zero-order chi connectivity index (χ0) is 21.5. The van der Waals surface area contributed by atoms with Crippen molar-refractivity contribution in [2.45, 2.75) is 13.0 Å². The molecule has 0 saturated carbocycles. The van der Waals surface area contributed by atoms with E-state index in [9.17, 15) is 9.59 Å². The summed E-state index contributed by atoms with van der Waals surface area (Å²) in [6.07, 6.45) is 0.169. The maximum absolute atomic E-state index is 13.1. The number of ether oxygens (including phenoxy) is 2. The first kappa shape index (κ1) is 20.7. The predicted molar refractivity (Wildman–Crippen MR) is 121 cm³/mol. The number of carbonyl (C=O) groups excluding carboxylic acids is 2. The molecule has 160 valence electrons. The molecule has 2 N–H and O–H groups in total. The molecule has 1 aliphatic heterocycles. The Bertz CT molecular complexity index is 1020. The van der Waals surface area contributed by atoms with Gasteiger partial charge in [0.25, 0.3) is 0 Å². The van der Waals surface area contributed by atoms with Crippen LogP contribution in [0.1, 0.15) is 11.3 Å². The first-order chi connectivity index (χ1) is 15.2. The van der Waals surface area contributed by atoms with Crippen molar-refractivity contribution in [3.63, 3.8) is 0 Å². The Labute approximate surface area is 184 Å². The van der Waals surface area contributed by atoms with Gasteiger partial charge in [-0.15, -0.1) is 11.3 Å². The van der Waals surface area contributed by atoms with E-state index in [0.717, 1.165) is 10.6 Å². The van der Waals surface area contributed by atoms with Crippen LogP contribution in [-0.4, -0.2) is 31.7 Å². The average molecular weight is 438 g/mol. The number of anilines is 2. The van der Waals surface area contributed by atoms with Crippen LogP contribution in [0, 0.1) is 0 Å². The summed E-state index contributed by atoms with van der Waals surface area (Å²) < 4.78 is 11.3. The standard InChI is InChI=1S/C23H23N3O4S/c27-22(10-11-24-23(28)25-17-5-2-1-3-6-17)26(16-19-7-4-14-31-19)18-8-9-20-21(15-18)30-13-12-29-20/h1-9,14-15H,10-13,16H2,(H2,24,25,28). The van der Waals surface area contributed by atoms with Crippen molar-refractivity contribution in [1.82, 2.24) is 5.32 Å². The average Bonchev–Trinajstić information content (AvgIpc) is 3.31. The van der Waals surface area contributed by atoms with Gasteiger partial charge in [0, 0.05) is 35.3 Å². The molecular weight excluding hydrogens is 414 g/mol. The van der Waals surface area contributed by atoms with Gasteiger partial charge in [-0.2, -0.15) is 0 Å². The van der Waals surface area contributed by atoms with Gasteiger partial charge in [0.05, 0.1) is 6.54 Å². The third-order valence-electron chi connectivity index (χ3n) is 4.69. The van der Waals surface area contributed by atoms with Crippen LogP contribution in [-0.2, 0) is 11.3 Å². The second kappa shape index (κ2) is 9.99. The summed E-state index contributed by atoms with van der Waals surface area (Å²) in [5.41, 5.74) is 1.43. The van der Waals surface area contributed by atoms with E-state index in [1.54, 1.807) is 28.4 Å². The van der Waals surface area contributed by atoms with E-state index in [1.807, 2.05) is 53.9 Å². The summed E-state index contributed by atoms with van der Waals surface area (Å²) in [5.74, 6) is 1.22. The molecule has 1 aliphatic rings. The summed E-state index contributed by atoms with van der Waals surface area (Å²) in [6, 6.07) is 18.3. The van der Waals surface area contributed by atoms with Gasteiger partial charge in [-0.05, 0) is 35.7 Å². The second-order valence-electron chi connectivity index (χ2n) is 6.88. The Kier molecular flexibility index (Phi) is 6.68. The van der Waals surface area contributed by atoms with E-state index in [0.29, 0.717) is 36.9 Å². The van der Waals surface area contributed by atoms with Crippen molar-refractivity contribution in [3.8, 4) is 11.5 Å². The van der Waals surface area contributed by atoms with Gasteiger partial charge in [0.2, 0.25) is 5.91 Å². The van der Waals surface area contributed by atoms with Crippen LogP contribution in [0.15, 0.2) is 66.0 Å². The van der Waals surface area contributed by atoms with Crippen molar-refractivity contribution in [2.75, 3.05) is 30.0 Å². The Balaban J connectivity index is 1.40. The smallest absolute Gasteiger partial charge is 0.319 e. The number of nitrogens with zero attached hydrogens (tertiary/aromatic N) is 1. The molecule has 0 spiro atoms. The Hall–Kier alpha value is -3.52. The highest BCUT2D eigenvalue weighted by atomic mass is 32.1. The highest BCUT2D eigenvalue weighted by molar-refractivity contribution is 7.09. The zero-order valence-corrected chi connectivity index (χ0v) is 17.7. The van der Waals surface area contributed by atoms with E-state index < -0.39 is 0 Å². The quantitative estimate of drug-likeness (QED) is 0.579. The van der Waals surface area contributed by atoms with Crippen molar-refractivity contribution >= 4 is 34.6 Å². The lowest BCUT2D eigenvalue weighted by atomic mass is 10.2. The lowest BCUT2D eigenvalue weighted by Crippen LogP contribution is -2.35. The molecule has 2 aromatic carbocycles. The number of hydrogen-bond acceptors (Lipinski definition) is 5. The highest BCUT2D eigenvalue weighted by Gasteiger charge is 2.20. The lowest BCUT2D eigenvalue weighted by Gasteiger charge is -2.25. The molecule has 0 radical (unpaired) electrons. The Morgan fingerprint density at radius 2 is 1.77 bits per heavy atom. The molecule has 3 aromatic rings. The van der Waals surface area contributed by atoms with Crippen LogP contribution in [0.2, 0.25) is 0 Å². The number of nitrogens with one attached hydrogen (secondary N) is 2. The Morgan fingerprint density at radius 3 is 2.55 bits per heavy atom. The minimum atomic E-state index is -0.344. The molecule has 2 heterocycles. The number of hydrogen-bond donors (Lipinski definition) is 2. The third-order valence-corrected chi connectivity index (χ3v) is 5.55. The molecule has 0 atom stereocenters. The van der Waals surface area contributed by atoms with Crippen molar-refractivity contribution in [3.05, 3.63) is 70.9 Å². The third kappa shape index (κ3) is 5.55. The molecular formula is C23H23N3O4S. The van der Waals surface area contributed by atoms with Crippen LogP contribution in [0.4, 0.5) is 16.2 Å². The number of benzene rings is 2. The molecule has 0 saturated heterocycles. The number of thiophene rings is 1. The molecule has 8 heteroatoms. The van der Waals surface area contributed by atoms with E-state index in [1.165, 1.54) is 0 Å². The molecule has 7 nitrogen and oxygen atoms in total. The summed E-state index contributed by atoms with van der Waals surface area (Å²) in [4.78, 5) is 27.9. The van der Waals surface area contributed by atoms with Gasteiger partial charge in [0.15, 0.2) is 11.5 Å². The number of amides is 3. The topological polar surface area (TPSA) is 79.9 Å². The van der Waals surface area contributed by atoms with Crippen molar-refractivity contribution in [1.29, 1.82) is 0 Å². The van der Waals surface area contributed by atoms with Crippen LogP contribution < -0.4 is 25.0 Å². The van der Waals surface area contributed by atoms with E-state index >= 15 is 0 Å². The Morgan fingerprint density at radius 1 is 0.968 bits per heavy atom. The number of fused-ring (bicyclic) bond motifs is 1. The summed E-state index contributed by atoms with van der Waals surface area (Å²) in [7, 11) is 0. The van der Waals surface area contributed by atoms with E-state index in [4.69, 9.17) is 9.47 Å². The second-order valence-corrected chi connectivity index (χ2v) is 7.92. The monoisotopic (exact) mass is 437 g/mol.